The van der Waals surface area contributed by atoms with Gasteiger partial charge in [-0.3, -0.25) is 0 Å². The van der Waals surface area contributed by atoms with Crippen molar-refractivity contribution < 1.29 is 18.6 Å². The Balaban J connectivity index is 1.55. The fraction of sp³-hybridized carbons (Fsp3) is 0.474. The van der Waals surface area contributed by atoms with Crippen molar-refractivity contribution in [2.45, 2.75) is 49.8 Å². The van der Waals surface area contributed by atoms with Gasteiger partial charge in [-0.05, 0) is 37.3 Å². The quantitative estimate of drug-likeness (QED) is 0.908. The summed E-state index contributed by atoms with van der Waals surface area (Å²) in [5.74, 6) is 0.0857. The van der Waals surface area contributed by atoms with Gasteiger partial charge in [-0.15, -0.1) is 0 Å². The van der Waals surface area contributed by atoms with Gasteiger partial charge < -0.3 is 14.7 Å². The summed E-state index contributed by atoms with van der Waals surface area (Å²) >= 11 is 0. The van der Waals surface area contributed by atoms with Gasteiger partial charge in [0.2, 0.25) is 5.88 Å². The van der Waals surface area contributed by atoms with Crippen LogP contribution in [-0.4, -0.2) is 39.9 Å². The number of benzene rings is 1. The van der Waals surface area contributed by atoms with Gasteiger partial charge in [0, 0.05) is 30.6 Å². The highest BCUT2D eigenvalue weighted by Crippen LogP contribution is 2.44. The van der Waals surface area contributed by atoms with Crippen molar-refractivity contribution in [1.82, 2.24) is 9.97 Å². The standard InChI is InChI=1S/C19H21F2N3O2/c1-26-18-7-17(22-11-23-18)24-14-4-5-15(24)10-19(25,9-14)8-12-2-3-13(20)6-16(12)21/h2-3,6-7,11,14-15,25H,4-5,8-10H2,1H3. The van der Waals surface area contributed by atoms with E-state index >= 15 is 0 Å². The molecule has 5 nitrogen and oxygen atoms in total. The number of fused-ring (bicyclic) bond motifs is 2. The molecule has 0 radical (unpaired) electrons. The summed E-state index contributed by atoms with van der Waals surface area (Å²) in [4.78, 5) is 10.6. The molecule has 4 rings (SSSR count). The molecule has 1 N–H and O–H groups in total. The van der Waals surface area contributed by atoms with Gasteiger partial charge in [-0.1, -0.05) is 6.07 Å². The maximum atomic E-state index is 14.0. The summed E-state index contributed by atoms with van der Waals surface area (Å²) in [6.45, 7) is 0. The number of halogens is 2. The fourth-order valence-corrected chi connectivity index (χ4v) is 4.44. The van der Waals surface area contributed by atoms with Gasteiger partial charge in [-0.2, -0.15) is 0 Å². The normalized spacial score (nSPS) is 27.6. The predicted octanol–water partition coefficient (Wildman–Crippen LogP) is 2.87. The molecule has 0 saturated carbocycles. The summed E-state index contributed by atoms with van der Waals surface area (Å²) in [7, 11) is 1.56. The summed E-state index contributed by atoms with van der Waals surface area (Å²) < 4.78 is 32.3. The predicted molar refractivity (Wildman–Crippen MR) is 92.1 cm³/mol. The van der Waals surface area contributed by atoms with E-state index in [9.17, 15) is 13.9 Å². The van der Waals surface area contributed by atoms with Gasteiger partial charge in [-0.25, -0.2) is 18.7 Å². The average molecular weight is 361 g/mol. The van der Waals surface area contributed by atoms with Crippen molar-refractivity contribution in [3.8, 4) is 5.88 Å². The molecule has 1 aromatic carbocycles. The number of nitrogens with zero attached hydrogens (tertiary/aromatic N) is 3. The van der Waals surface area contributed by atoms with Crippen LogP contribution in [-0.2, 0) is 6.42 Å². The first-order chi connectivity index (χ1) is 12.5. The Hall–Kier alpha value is -2.28. The number of hydrogen-bond donors (Lipinski definition) is 1. The van der Waals surface area contributed by atoms with Crippen molar-refractivity contribution in [3.63, 3.8) is 0 Å². The zero-order valence-electron chi connectivity index (χ0n) is 14.5. The molecule has 26 heavy (non-hydrogen) atoms. The topological polar surface area (TPSA) is 58.5 Å². The monoisotopic (exact) mass is 361 g/mol. The van der Waals surface area contributed by atoms with Crippen LogP contribution in [0.5, 0.6) is 5.88 Å². The number of rotatable bonds is 4. The minimum absolute atomic E-state index is 0.127. The van der Waals surface area contributed by atoms with E-state index in [1.807, 2.05) is 0 Å². The van der Waals surface area contributed by atoms with Crippen LogP contribution in [0.1, 0.15) is 31.2 Å². The van der Waals surface area contributed by atoms with Gasteiger partial charge in [0.15, 0.2) is 0 Å². The van der Waals surface area contributed by atoms with Crippen molar-refractivity contribution >= 4 is 5.82 Å². The molecule has 2 aliphatic rings. The van der Waals surface area contributed by atoms with Crippen molar-refractivity contribution in [2.24, 2.45) is 0 Å². The third kappa shape index (κ3) is 3.11. The number of aromatic nitrogens is 2. The lowest BCUT2D eigenvalue weighted by Gasteiger charge is -2.44. The van der Waals surface area contributed by atoms with E-state index in [4.69, 9.17) is 4.74 Å². The van der Waals surface area contributed by atoms with Crippen LogP contribution in [0.15, 0.2) is 30.6 Å². The Kier molecular flexibility index (Phi) is 4.26. The molecular weight excluding hydrogens is 340 g/mol. The van der Waals surface area contributed by atoms with E-state index in [0.29, 0.717) is 24.3 Å². The molecule has 0 aliphatic carbocycles. The Morgan fingerprint density at radius 3 is 2.58 bits per heavy atom. The Morgan fingerprint density at radius 1 is 1.19 bits per heavy atom. The average Bonchev–Trinajstić information content (AvgIpc) is 2.90. The third-order valence-electron chi connectivity index (χ3n) is 5.49. The lowest BCUT2D eigenvalue weighted by atomic mass is 9.81. The van der Waals surface area contributed by atoms with E-state index in [0.717, 1.165) is 24.7 Å². The molecule has 2 atom stereocenters. The Bertz CT molecular complexity index is 803. The number of aliphatic hydroxyl groups is 1. The second kappa shape index (κ2) is 6.46. The summed E-state index contributed by atoms with van der Waals surface area (Å²) in [5.41, 5.74) is -0.650. The summed E-state index contributed by atoms with van der Waals surface area (Å²) in [5, 5.41) is 11.1. The van der Waals surface area contributed by atoms with Crippen LogP contribution in [0.25, 0.3) is 0 Å². The maximum absolute atomic E-state index is 14.0. The van der Waals surface area contributed by atoms with Crippen molar-refractivity contribution in [2.75, 3.05) is 12.0 Å². The minimum atomic E-state index is -1.00. The summed E-state index contributed by atoms with van der Waals surface area (Å²) in [6.07, 6.45) is 4.60. The van der Waals surface area contributed by atoms with E-state index in [1.165, 1.54) is 18.5 Å². The molecule has 1 aromatic heterocycles. The molecule has 3 heterocycles. The van der Waals surface area contributed by atoms with E-state index < -0.39 is 17.2 Å². The molecule has 0 amide bonds. The molecular formula is C19H21F2N3O2. The van der Waals surface area contributed by atoms with Gasteiger partial charge >= 0.3 is 0 Å². The van der Waals surface area contributed by atoms with Gasteiger partial charge in [0.05, 0.1) is 12.7 Å². The van der Waals surface area contributed by atoms with Crippen LogP contribution in [0.2, 0.25) is 0 Å². The molecule has 138 valence electrons. The molecule has 0 spiro atoms. The molecule has 2 saturated heterocycles. The number of anilines is 1. The SMILES string of the molecule is COc1cc(N2C3CCC2CC(O)(Cc2ccc(F)cc2F)C3)ncn1. The zero-order valence-corrected chi connectivity index (χ0v) is 14.5. The number of piperidine rings is 1. The lowest BCUT2D eigenvalue weighted by molar-refractivity contribution is 0.00126. The first-order valence-electron chi connectivity index (χ1n) is 8.78. The maximum Gasteiger partial charge on any atom is 0.218 e. The van der Waals surface area contributed by atoms with Crippen LogP contribution >= 0.6 is 0 Å². The smallest absolute Gasteiger partial charge is 0.218 e. The summed E-state index contributed by atoms with van der Waals surface area (Å²) in [6, 6.07) is 5.58. The van der Waals surface area contributed by atoms with Crippen LogP contribution in [0.4, 0.5) is 14.6 Å². The second-order valence-electron chi connectivity index (χ2n) is 7.26. The van der Waals surface area contributed by atoms with Gasteiger partial charge in [0.1, 0.15) is 23.8 Å². The van der Waals surface area contributed by atoms with E-state index in [-0.39, 0.29) is 18.5 Å². The highest BCUT2D eigenvalue weighted by Gasteiger charge is 2.48. The molecule has 7 heteroatoms. The highest BCUT2D eigenvalue weighted by atomic mass is 19.1. The number of hydrogen-bond acceptors (Lipinski definition) is 5. The molecule has 2 unspecified atom stereocenters. The van der Waals surface area contributed by atoms with Crippen molar-refractivity contribution in [3.05, 3.63) is 47.8 Å². The number of methoxy groups -OCH3 is 1. The highest BCUT2D eigenvalue weighted by molar-refractivity contribution is 5.46. The molecule has 2 aromatic rings. The molecule has 2 fully saturated rings. The van der Waals surface area contributed by atoms with Crippen molar-refractivity contribution in [1.29, 1.82) is 0 Å². The van der Waals surface area contributed by atoms with Gasteiger partial charge in [0.25, 0.3) is 0 Å². The lowest BCUT2D eigenvalue weighted by Crippen LogP contribution is -2.52. The van der Waals surface area contributed by atoms with Crippen LogP contribution in [0, 0.1) is 11.6 Å². The van der Waals surface area contributed by atoms with Crippen LogP contribution < -0.4 is 9.64 Å². The fourth-order valence-electron chi connectivity index (χ4n) is 4.44. The number of ether oxygens (including phenoxy) is 1. The molecule has 2 bridgehead atoms. The van der Waals surface area contributed by atoms with E-state index in [1.54, 1.807) is 13.2 Å². The first-order valence-corrected chi connectivity index (χ1v) is 8.78. The zero-order chi connectivity index (χ0) is 18.3. The first kappa shape index (κ1) is 17.1. The Labute approximate surface area is 150 Å². The van der Waals surface area contributed by atoms with E-state index in [2.05, 4.69) is 14.9 Å². The molecule has 2 aliphatic heterocycles. The van der Waals surface area contributed by atoms with Crippen LogP contribution in [0.3, 0.4) is 0 Å². The Morgan fingerprint density at radius 2 is 1.92 bits per heavy atom. The second-order valence-corrected chi connectivity index (χ2v) is 7.26. The largest absolute Gasteiger partial charge is 0.481 e. The third-order valence-corrected chi connectivity index (χ3v) is 5.49. The minimum Gasteiger partial charge on any atom is -0.481 e.